The average molecular weight is 436 g/mol. The number of hydrogen-bond donors (Lipinski definition) is 1. The van der Waals surface area contributed by atoms with Gasteiger partial charge in [0.2, 0.25) is 15.9 Å². The molecule has 0 fully saturated rings. The Bertz CT molecular complexity index is 1100. The van der Waals surface area contributed by atoms with Gasteiger partial charge in [0.15, 0.2) is 11.0 Å². The number of benzene rings is 2. The van der Waals surface area contributed by atoms with Crippen LogP contribution in [-0.2, 0) is 21.4 Å². The molecule has 0 aliphatic rings. The van der Waals surface area contributed by atoms with Gasteiger partial charge in [-0.25, -0.2) is 12.8 Å². The number of aromatic nitrogens is 3. The van der Waals surface area contributed by atoms with Gasteiger partial charge in [-0.1, -0.05) is 30.0 Å². The predicted molar refractivity (Wildman–Crippen MR) is 109 cm³/mol. The molecule has 11 heteroatoms. The van der Waals surface area contributed by atoms with Gasteiger partial charge in [0.25, 0.3) is 0 Å². The van der Waals surface area contributed by atoms with Crippen molar-refractivity contribution in [3.8, 4) is 5.69 Å². The smallest absolute Gasteiger partial charge is 0.232 e. The van der Waals surface area contributed by atoms with Crippen LogP contribution in [0, 0.1) is 5.82 Å². The Kier molecular flexibility index (Phi) is 6.18. The molecule has 2 aromatic carbocycles. The Morgan fingerprint density at radius 3 is 2.38 bits per heavy atom. The Balaban J connectivity index is 2.04. The number of anilines is 1. The number of nitrogens with zero attached hydrogens (tertiary/aromatic N) is 4. The van der Waals surface area contributed by atoms with Crippen molar-refractivity contribution in [2.75, 3.05) is 16.3 Å². The van der Waals surface area contributed by atoms with Gasteiger partial charge in [0.1, 0.15) is 5.82 Å². The van der Waals surface area contributed by atoms with Crippen LogP contribution in [0.4, 0.5) is 10.1 Å². The number of sulfonamides is 1. The molecule has 0 saturated carbocycles. The minimum atomic E-state index is -3.70. The van der Waals surface area contributed by atoms with E-state index in [-0.39, 0.29) is 12.3 Å². The van der Waals surface area contributed by atoms with E-state index in [9.17, 15) is 17.6 Å². The number of carbonyl (C=O) groups excluding carboxylic acids is 1. The molecular weight excluding hydrogens is 417 g/mol. The second-order valence-electron chi connectivity index (χ2n) is 6.07. The van der Waals surface area contributed by atoms with Gasteiger partial charge in [-0.15, -0.1) is 10.2 Å². The van der Waals surface area contributed by atoms with Crippen LogP contribution < -0.4 is 10.0 Å². The van der Waals surface area contributed by atoms with Gasteiger partial charge in [0.05, 0.1) is 24.2 Å². The summed E-state index contributed by atoms with van der Waals surface area (Å²) in [4.78, 5) is 11.2. The lowest BCUT2D eigenvalue weighted by atomic mass is 10.3. The number of hydrogen-bond acceptors (Lipinski definition) is 6. The monoisotopic (exact) mass is 435 g/mol. The van der Waals surface area contributed by atoms with E-state index < -0.39 is 21.7 Å². The molecule has 0 aliphatic heterocycles. The number of carbonyl (C=O) groups is 1. The molecule has 8 nitrogen and oxygen atoms in total. The fourth-order valence-electron chi connectivity index (χ4n) is 2.60. The maximum Gasteiger partial charge on any atom is 0.232 e. The molecular formula is C18H18FN5O3S2. The minimum Gasteiger partial charge on any atom is -0.369 e. The molecule has 0 bridgehead atoms. The SMILES string of the molecule is CS(=O)(=O)N(Cc1nnc(SCC(N)=O)n1-c1ccccc1)c1ccc(F)cc1. The van der Waals surface area contributed by atoms with Crippen molar-refractivity contribution in [2.45, 2.75) is 11.7 Å². The molecule has 1 amide bonds. The highest BCUT2D eigenvalue weighted by atomic mass is 32.2. The second kappa shape index (κ2) is 8.62. The molecule has 0 atom stereocenters. The van der Waals surface area contributed by atoms with Gasteiger partial charge in [-0.2, -0.15) is 0 Å². The van der Waals surface area contributed by atoms with Crippen molar-refractivity contribution in [1.29, 1.82) is 0 Å². The Labute approximate surface area is 171 Å². The van der Waals surface area contributed by atoms with E-state index in [2.05, 4.69) is 10.2 Å². The Morgan fingerprint density at radius 1 is 1.14 bits per heavy atom. The van der Waals surface area contributed by atoms with Crippen molar-refractivity contribution in [3.05, 3.63) is 66.2 Å². The lowest BCUT2D eigenvalue weighted by molar-refractivity contribution is -0.115. The highest BCUT2D eigenvalue weighted by Gasteiger charge is 2.23. The standard InChI is InChI=1S/C18H18FN5O3S2/c1-29(26,27)23(14-9-7-13(19)8-10-14)11-17-21-22-18(28-12-16(20)25)24(17)15-5-3-2-4-6-15/h2-10H,11-12H2,1H3,(H2,20,25). The summed E-state index contributed by atoms with van der Waals surface area (Å²) in [5, 5.41) is 8.62. The first kappa shape index (κ1) is 20.8. The predicted octanol–water partition coefficient (Wildman–Crippen LogP) is 1.95. The van der Waals surface area contributed by atoms with E-state index >= 15 is 0 Å². The van der Waals surface area contributed by atoms with Crippen molar-refractivity contribution in [2.24, 2.45) is 5.73 Å². The Morgan fingerprint density at radius 2 is 1.79 bits per heavy atom. The normalized spacial score (nSPS) is 11.4. The summed E-state index contributed by atoms with van der Waals surface area (Å²) >= 11 is 1.10. The topological polar surface area (TPSA) is 111 Å². The first-order chi connectivity index (χ1) is 13.8. The van der Waals surface area contributed by atoms with Crippen LogP contribution in [0.15, 0.2) is 59.8 Å². The number of halogens is 1. The van der Waals surface area contributed by atoms with Crippen molar-refractivity contribution in [3.63, 3.8) is 0 Å². The summed E-state index contributed by atoms with van der Waals surface area (Å²) in [5.74, 6) is -0.653. The van der Waals surface area contributed by atoms with Crippen LogP contribution in [0.5, 0.6) is 0 Å². The summed E-state index contributed by atoms with van der Waals surface area (Å²) in [6.45, 7) is -0.135. The fourth-order valence-corrected chi connectivity index (χ4v) is 4.17. The summed E-state index contributed by atoms with van der Waals surface area (Å²) < 4.78 is 40.8. The van der Waals surface area contributed by atoms with Gasteiger partial charge >= 0.3 is 0 Å². The molecule has 0 unspecified atom stereocenters. The first-order valence-corrected chi connectivity index (χ1v) is 11.2. The van der Waals surface area contributed by atoms with Gasteiger partial charge in [-0.3, -0.25) is 13.7 Å². The number of primary amides is 1. The third-order valence-corrected chi connectivity index (χ3v) is 5.95. The zero-order valence-electron chi connectivity index (χ0n) is 15.4. The minimum absolute atomic E-state index is 0.00127. The van der Waals surface area contributed by atoms with Crippen LogP contribution in [0.3, 0.4) is 0 Å². The molecule has 0 saturated heterocycles. The highest BCUT2D eigenvalue weighted by molar-refractivity contribution is 7.99. The number of nitrogens with two attached hydrogens (primary N) is 1. The summed E-state index contributed by atoms with van der Waals surface area (Å²) in [6, 6.07) is 14.2. The molecule has 3 rings (SSSR count). The highest BCUT2D eigenvalue weighted by Crippen LogP contribution is 2.25. The quantitative estimate of drug-likeness (QED) is 0.542. The average Bonchev–Trinajstić information content (AvgIpc) is 3.08. The van der Waals surface area contributed by atoms with Gasteiger partial charge in [-0.05, 0) is 36.4 Å². The number of rotatable bonds is 8. The van der Waals surface area contributed by atoms with Crippen LogP contribution in [0.25, 0.3) is 5.69 Å². The number of amides is 1. The van der Waals surface area contributed by atoms with E-state index in [1.54, 1.807) is 4.57 Å². The third-order valence-electron chi connectivity index (χ3n) is 3.86. The van der Waals surface area contributed by atoms with Crippen molar-refractivity contribution < 1.29 is 17.6 Å². The van der Waals surface area contributed by atoms with Gasteiger partial charge in [0, 0.05) is 5.69 Å². The van der Waals surface area contributed by atoms with E-state index in [0.717, 1.165) is 22.3 Å². The molecule has 29 heavy (non-hydrogen) atoms. The molecule has 0 radical (unpaired) electrons. The van der Waals surface area contributed by atoms with Crippen LogP contribution >= 0.6 is 11.8 Å². The molecule has 152 valence electrons. The van der Waals surface area contributed by atoms with E-state index in [4.69, 9.17) is 5.73 Å². The third kappa shape index (κ3) is 5.12. The summed E-state index contributed by atoms with van der Waals surface area (Å²) in [5.41, 5.74) is 6.22. The van der Waals surface area contributed by atoms with E-state index in [0.29, 0.717) is 22.4 Å². The van der Waals surface area contributed by atoms with Crippen molar-refractivity contribution in [1.82, 2.24) is 14.8 Å². The largest absolute Gasteiger partial charge is 0.369 e. The maximum atomic E-state index is 13.3. The summed E-state index contributed by atoms with van der Waals surface area (Å²) in [6.07, 6.45) is 1.06. The second-order valence-corrected chi connectivity index (χ2v) is 8.92. The lowest BCUT2D eigenvalue weighted by Crippen LogP contribution is -2.30. The summed E-state index contributed by atoms with van der Waals surface area (Å²) in [7, 11) is -3.70. The fraction of sp³-hybridized carbons (Fsp3) is 0.167. The number of para-hydroxylation sites is 1. The van der Waals surface area contributed by atoms with Gasteiger partial charge < -0.3 is 5.73 Å². The first-order valence-electron chi connectivity index (χ1n) is 8.40. The van der Waals surface area contributed by atoms with E-state index in [1.165, 1.54) is 24.3 Å². The lowest BCUT2D eigenvalue weighted by Gasteiger charge is -2.22. The molecule has 0 aliphatic carbocycles. The molecule has 3 aromatic rings. The van der Waals surface area contributed by atoms with Crippen LogP contribution in [0.2, 0.25) is 0 Å². The molecule has 0 spiro atoms. The Hall–Kier alpha value is -2.92. The molecule has 1 aromatic heterocycles. The van der Waals surface area contributed by atoms with E-state index in [1.807, 2.05) is 30.3 Å². The molecule has 2 N–H and O–H groups in total. The zero-order chi connectivity index (χ0) is 21.0. The zero-order valence-corrected chi connectivity index (χ0v) is 17.0. The maximum absolute atomic E-state index is 13.3. The van der Waals surface area contributed by atoms with Crippen molar-refractivity contribution >= 4 is 33.4 Å². The molecule has 1 heterocycles. The van der Waals surface area contributed by atoms with Crippen LogP contribution in [-0.4, -0.2) is 41.1 Å². The van der Waals surface area contributed by atoms with Crippen LogP contribution in [0.1, 0.15) is 5.82 Å². The number of thioether (sulfide) groups is 1.